The van der Waals surface area contributed by atoms with Crippen LogP contribution in [0.4, 0.5) is 0 Å². The van der Waals surface area contributed by atoms with Crippen molar-refractivity contribution in [3.05, 3.63) is 54.7 Å². The molecule has 0 aliphatic carbocycles. The topological polar surface area (TPSA) is 97.2 Å². The number of thioether (sulfide) groups is 2. The monoisotopic (exact) mass is 684 g/mol. The molecule has 1 fully saturated rings. The number of halogens is 2. The zero-order chi connectivity index (χ0) is 22.2. The van der Waals surface area contributed by atoms with Crippen molar-refractivity contribution in [2.75, 3.05) is 24.7 Å². The van der Waals surface area contributed by atoms with E-state index in [0.29, 0.717) is 16.1 Å². The van der Waals surface area contributed by atoms with Crippen molar-refractivity contribution < 1.29 is 24.2 Å². The molecule has 1 aliphatic heterocycles. The van der Waals surface area contributed by atoms with Crippen molar-refractivity contribution in [3.8, 4) is 11.5 Å². The van der Waals surface area contributed by atoms with E-state index in [1.54, 1.807) is 12.1 Å². The lowest BCUT2D eigenvalue weighted by Gasteiger charge is -2.10. The van der Waals surface area contributed by atoms with Gasteiger partial charge in [-0.05, 0) is 80.6 Å². The zero-order valence-electron chi connectivity index (χ0n) is 16.0. The molecule has 11 heteroatoms. The van der Waals surface area contributed by atoms with Gasteiger partial charge in [-0.1, -0.05) is 12.1 Å². The third-order valence-corrected chi connectivity index (χ3v) is 8.61. The lowest BCUT2D eigenvalue weighted by Crippen LogP contribution is -2.24. The van der Waals surface area contributed by atoms with Gasteiger partial charge in [-0.3, -0.25) is 4.79 Å². The molecule has 3 rings (SSSR count). The molecule has 2 aromatic rings. The molecule has 31 heavy (non-hydrogen) atoms. The highest BCUT2D eigenvalue weighted by Gasteiger charge is 2.18. The molecular weight excluding hydrogens is 666 g/mol. The number of carboxylic acid groups (broad SMARTS) is 1. The van der Waals surface area contributed by atoms with Crippen LogP contribution >= 0.6 is 68.7 Å². The standard InChI is InChI=1S/C20H18I2N2O5S2/c21-15-7-12(8-16(22)19(15)29-11-18(26)27)9-23-24-17(25)10-28-14-3-1-13(2-4-14)20-30-5-6-31-20/h1-4,7-9,20H,5-6,10-11H2,(H,24,25)(H,26,27)/b23-9-. The number of nitrogens with zero attached hydrogens (tertiary/aromatic N) is 1. The fourth-order valence-corrected chi connectivity index (χ4v) is 7.54. The molecule has 1 aliphatic rings. The van der Waals surface area contributed by atoms with Crippen LogP contribution in [0.5, 0.6) is 11.5 Å². The van der Waals surface area contributed by atoms with Gasteiger partial charge in [0.2, 0.25) is 0 Å². The number of hydrogen-bond acceptors (Lipinski definition) is 7. The third kappa shape index (κ3) is 7.71. The highest BCUT2D eigenvalue weighted by molar-refractivity contribution is 14.1. The molecule has 0 bridgehead atoms. The summed E-state index contributed by atoms with van der Waals surface area (Å²) in [5.41, 5.74) is 4.44. The van der Waals surface area contributed by atoms with Gasteiger partial charge in [0.1, 0.15) is 11.5 Å². The van der Waals surface area contributed by atoms with E-state index in [-0.39, 0.29) is 12.5 Å². The second kappa shape index (κ2) is 12.2. The molecule has 2 N–H and O–H groups in total. The Bertz CT molecular complexity index is 944. The van der Waals surface area contributed by atoms with Crippen molar-refractivity contribution in [1.29, 1.82) is 0 Å². The van der Waals surface area contributed by atoms with Crippen LogP contribution < -0.4 is 14.9 Å². The number of hydrogen-bond donors (Lipinski definition) is 2. The highest BCUT2D eigenvalue weighted by atomic mass is 127. The van der Waals surface area contributed by atoms with Crippen LogP contribution in [0.2, 0.25) is 0 Å². The smallest absolute Gasteiger partial charge is 0.341 e. The van der Waals surface area contributed by atoms with Gasteiger partial charge in [0, 0.05) is 11.5 Å². The van der Waals surface area contributed by atoms with Crippen molar-refractivity contribution in [1.82, 2.24) is 5.43 Å². The van der Waals surface area contributed by atoms with Crippen LogP contribution in [0.3, 0.4) is 0 Å². The van der Waals surface area contributed by atoms with Crippen molar-refractivity contribution in [2.45, 2.75) is 4.58 Å². The fraction of sp³-hybridized carbons (Fsp3) is 0.250. The SMILES string of the molecule is O=C(O)COc1c(I)cc(/C=N\NC(=O)COc2ccc(C3SCCS3)cc2)cc1I. The number of carbonyl (C=O) groups excluding carboxylic acids is 1. The van der Waals surface area contributed by atoms with Gasteiger partial charge in [0.05, 0.1) is 17.9 Å². The number of aliphatic carboxylic acids is 1. The molecule has 2 aromatic carbocycles. The third-order valence-electron chi connectivity index (χ3n) is 3.91. The summed E-state index contributed by atoms with van der Waals surface area (Å²) >= 11 is 8.01. The van der Waals surface area contributed by atoms with Gasteiger partial charge >= 0.3 is 5.97 Å². The summed E-state index contributed by atoms with van der Waals surface area (Å²) in [5, 5.41) is 12.7. The first-order valence-electron chi connectivity index (χ1n) is 9.04. The highest BCUT2D eigenvalue weighted by Crippen LogP contribution is 2.45. The Kier molecular flexibility index (Phi) is 9.59. The van der Waals surface area contributed by atoms with Crippen LogP contribution in [0.1, 0.15) is 15.7 Å². The van der Waals surface area contributed by atoms with Crippen LogP contribution in [0.15, 0.2) is 41.5 Å². The number of carboxylic acids is 1. The predicted octanol–water partition coefficient (Wildman–Crippen LogP) is 4.37. The number of nitrogens with one attached hydrogen (secondary N) is 1. The summed E-state index contributed by atoms with van der Waals surface area (Å²) in [4.78, 5) is 22.7. The van der Waals surface area contributed by atoms with Gasteiger partial charge in [-0.15, -0.1) is 23.5 Å². The summed E-state index contributed by atoms with van der Waals surface area (Å²) in [6, 6.07) is 11.4. The lowest BCUT2D eigenvalue weighted by atomic mass is 10.2. The second-order valence-electron chi connectivity index (χ2n) is 6.22. The number of amides is 1. The van der Waals surface area contributed by atoms with Crippen molar-refractivity contribution in [3.63, 3.8) is 0 Å². The molecule has 0 radical (unpaired) electrons. The van der Waals surface area contributed by atoms with Crippen LogP contribution in [0.25, 0.3) is 0 Å². The van der Waals surface area contributed by atoms with Crippen LogP contribution in [0, 0.1) is 7.14 Å². The van der Waals surface area contributed by atoms with Gasteiger partial charge < -0.3 is 14.6 Å². The molecule has 0 unspecified atom stereocenters. The number of ether oxygens (including phenoxy) is 2. The van der Waals surface area contributed by atoms with Gasteiger partial charge in [-0.25, -0.2) is 10.2 Å². The summed E-state index contributed by atoms with van der Waals surface area (Å²) in [6.45, 7) is -0.544. The van der Waals surface area contributed by atoms with E-state index >= 15 is 0 Å². The van der Waals surface area contributed by atoms with E-state index in [0.717, 1.165) is 12.7 Å². The maximum atomic E-state index is 12.0. The number of carbonyl (C=O) groups is 2. The maximum absolute atomic E-state index is 12.0. The molecule has 0 saturated carbocycles. The van der Waals surface area contributed by atoms with E-state index in [4.69, 9.17) is 14.6 Å². The minimum atomic E-state index is -1.04. The molecular formula is C20H18I2N2O5S2. The Morgan fingerprint density at radius 2 is 1.74 bits per heavy atom. The normalized spacial score (nSPS) is 14.0. The van der Waals surface area contributed by atoms with E-state index in [2.05, 4.69) is 55.7 Å². The quantitative estimate of drug-likeness (QED) is 0.230. The Morgan fingerprint density at radius 3 is 2.35 bits per heavy atom. The zero-order valence-corrected chi connectivity index (χ0v) is 22.0. The number of benzene rings is 2. The predicted molar refractivity (Wildman–Crippen MR) is 140 cm³/mol. The lowest BCUT2D eigenvalue weighted by molar-refractivity contribution is -0.139. The molecule has 0 atom stereocenters. The van der Waals surface area contributed by atoms with Crippen LogP contribution in [-0.4, -0.2) is 47.9 Å². The molecule has 0 spiro atoms. The summed E-state index contributed by atoms with van der Waals surface area (Å²) in [6.07, 6.45) is 1.51. The van der Waals surface area contributed by atoms with Gasteiger partial charge in [-0.2, -0.15) is 5.10 Å². The molecule has 164 valence electrons. The van der Waals surface area contributed by atoms with Gasteiger partial charge in [0.25, 0.3) is 5.91 Å². The van der Waals surface area contributed by atoms with Crippen LogP contribution in [-0.2, 0) is 9.59 Å². The van der Waals surface area contributed by atoms with E-state index in [1.165, 1.54) is 23.3 Å². The number of hydrazone groups is 1. The molecule has 0 aromatic heterocycles. The minimum Gasteiger partial charge on any atom is -0.484 e. The Morgan fingerprint density at radius 1 is 1.10 bits per heavy atom. The Hall–Kier alpha value is -1.19. The molecule has 1 heterocycles. The largest absolute Gasteiger partial charge is 0.484 e. The minimum absolute atomic E-state index is 0.138. The first kappa shape index (κ1) is 24.5. The van der Waals surface area contributed by atoms with Crippen molar-refractivity contribution >= 4 is 86.8 Å². The Labute approximate surface area is 215 Å². The van der Waals surface area contributed by atoms with E-state index in [9.17, 15) is 9.59 Å². The van der Waals surface area contributed by atoms with Crippen molar-refractivity contribution in [2.24, 2.45) is 5.10 Å². The Balaban J connectivity index is 1.47. The summed E-state index contributed by atoms with van der Waals surface area (Å²) < 4.78 is 12.8. The second-order valence-corrected chi connectivity index (χ2v) is 11.3. The van der Waals surface area contributed by atoms with E-state index in [1.807, 2.05) is 47.8 Å². The fourth-order valence-electron chi connectivity index (χ4n) is 2.56. The van der Waals surface area contributed by atoms with E-state index < -0.39 is 12.6 Å². The number of rotatable bonds is 9. The summed E-state index contributed by atoms with van der Waals surface area (Å²) in [5.74, 6) is 2.09. The van der Waals surface area contributed by atoms with Gasteiger partial charge in [0.15, 0.2) is 13.2 Å². The molecule has 1 saturated heterocycles. The average Bonchev–Trinajstić information content (AvgIpc) is 3.27. The summed E-state index contributed by atoms with van der Waals surface area (Å²) in [7, 11) is 0. The first-order chi connectivity index (χ1) is 14.9. The molecule has 1 amide bonds. The maximum Gasteiger partial charge on any atom is 0.341 e. The molecule has 7 nitrogen and oxygen atoms in total. The first-order valence-corrected chi connectivity index (χ1v) is 13.3. The average molecular weight is 684 g/mol.